The molecule has 0 bridgehead atoms. The van der Waals surface area contributed by atoms with Crippen LogP contribution < -0.4 is 5.19 Å². The molecule has 0 amide bonds. The zero-order chi connectivity index (χ0) is 9.10. The lowest BCUT2D eigenvalue weighted by molar-refractivity contribution is 0.568. The van der Waals surface area contributed by atoms with Gasteiger partial charge in [-0.2, -0.15) is 0 Å². The largest absolute Gasteiger partial charge is 0.309 e. The molecule has 0 saturated heterocycles. The Hall–Kier alpha value is -1.41. The average molecular weight is 186 g/mol. The molecule has 64 valence electrons. The van der Waals surface area contributed by atoms with E-state index in [2.05, 4.69) is 24.3 Å². The average Bonchev–Trinajstić information content (AvgIpc) is 2.38. The van der Waals surface area contributed by atoms with Crippen molar-refractivity contribution >= 4 is 20.6 Å². The third-order valence-electron chi connectivity index (χ3n) is 2.19. The molecule has 0 fully saturated rings. The van der Waals surface area contributed by atoms with Crippen LogP contribution in [-0.2, 0) is 4.79 Å². The van der Waals surface area contributed by atoms with Gasteiger partial charge < -0.3 is 4.79 Å². The van der Waals surface area contributed by atoms with Crippen LogP contribution in [0.2, 0.25) is 0 Å². The maximum atomic E-state index is 10.5. The van der Waals surface area contributed by atoms with Crippen LogP contribution in [0.4, 0.5) is 0 Å². The first-order valence-corrected chi connectivity index (χ1v) is 5.84. The van der Waals surface area contributed by atoms with Gasteiger partial charge in [-0.1, -0.05) is 47.7 Å². The maximum Gasteiger partial charge on any atom is 0.129 e. The van der Waals surface area contributed by atoms with Crippen molar-refractivity contribution in [2.24, 2.45) is 0 Å². The minimum Gasteiger partial charge on any atom is -0.309 e. The molecule has 1 nitrogen and oxygen atoms in total. The van der Waals surface area contributed by atoms with Crippen molar-refractivity contribution in [3.8, 4) is 11.1 Å². The molecule has 0 unspecified atom stereocenters. The predicted molar refractivity (Wildman–Crippen MR) is 58.0 cm³/mol. The highest BCUT2D eigenvalue weighted by molar-refractivity contribution is 6.79. The minimum absolute atomic E-state index is 0.691. The molecule has 2 heteroatoms. The summed E-state index contributed by atoms with van der Waals surface area (Å²) in [4.78, 5) is 10.5. The Labute approximate surface area is 79.6 Å². The van der Waals surface area contributed by atoms with Crippen LogP contribution >= 0.6 is 0 Å². The topological polar surface area (TPSA) is 17.1 Å². The van der Waals surface area contributed by atoms with Gasteiger partial charge in [-0.05, 0) is 11.1 Å². The van der Waals surface area contributed by atoms with Crippen molar-refractivity contribution in [2.75, 3.05) is 0 Å². The van der Waals surface area contributed by atoms with Gasteiger partial charge in [0.2, 0.25) is 0 Å². The van der Waals surface area contributed by atoms with Crippen LogP contribution in [0.15, 0.2) is 42.5 Å². The van der Waals surface area contributed by atoms with Crippen molar-refractivity contribution < 1.29 is 4.79 Å². The van der Waals surface area contributed by atoms with Crippen LogP contribution in [0.5, 0.6) is 0 Å². The SMILES string of the molecule is O=C[SiH2]c1ccc2cccccc1-2. The predicted octanol–water partition coefficient (Wildman–Crippen LogP) is 0.776. The zero-order valence-electron chi connectivity index (χ0n) is 7.23. The molecule has 0 spiro atoms. The number of fused-ring (bicyclic) bond motifs is 1. The Bertz CT molecular complexity index is 397. The third kappa shape index (κ3) is 1.53. The van der Waals surface area contributed by atoms with Crippen molar-refractivity contribution in [1.82, 2.24) is 0 Å². The Kier molecular flexibility index (Phi) is 2.23. The van der Waals surface area contributed by atoms with Crippen molar-refractivity contribution in [2.45, 2.75) is 0 Å². The smallest absolute Gasteiger partial charge is 0.129 e. The molecule has 2 aliphatic rings. The highest BCUT2D eigenvalue weighted by Crippen LogP contribution is 2.18. The fourth-order valence-electron chi connectivity index (χ4n) is 1.55. The van der Waals surface area contributed by atoms with Crippen LogP contribution in [0.3, 0.4) is 0 Å². The normalized spacial score (nSPS) is 11.1. The van der Waals surface area contributed by atoms with Gasteiger partial charge in [-0.25, -0.2) is 0 Å². The van der Waals surface area contributed by atoms with E-state index in [0.29, 0.717) is 0 Å². The second kappa shape index (κ2) is 3.54. The number of carbonyl (C=O) groups excluding carboxylic acids is 1. The van der Waals surface area contributed by atoms with Gasteiger partial charge in [-0.15, -0.1) is 0 Å². The highest BCUT2D eigenvalue weighted by atomic mass is 28.2. The summed E-state index contributed by atoms with van der Waals surface area (Å²) in [6.45, 7) is 0. The summed E-state index contributed by atoms with van der Waals surface area (Å²) < 4.78 is 0. The molecular weight excluding hydrogens is 176 g/mol. The van der Waals surface area contributed by atoms with Crippen LogP contribution in [0.1, 0.15) is 0 Å². The van der Waals surface area contributed by atoms with Crippen LogP contribution in [0.25, 0.3) is 11.1 Å². The van der Waals surface area contributed by atoms with Gasteiger partial charge in [-0.3, -0.25) is 0 Å². The van der Waals surface area contributed by atoms with E-state index in [0.717, 1.165) is 5.91 Å². The lowest BCUT2D eigenvalue weighted by Crippen LogP contribution is -2.14. The van der Waals surface area contributed by atoms with Crippen LogP contribution in [0, 0.1) is 0 Å². The molecule has 0 aliphatic heterocycles. The van der Waals surface area contributed by atoms with E-state index in [1.54, 1.807) is 0 Å². The summed E-state index contributed by atoms with van der Waals surface area (Å²) >= 11 is 0. The van der Waals surface area contributed by atoms with E-state index in [1.165, 1.54) is 16.3 Å². The fraction of sp³-hybridized carbons (Fsp3) is 0. The van der Waals surface area contributed by atoms with Crippen LogP contribution in [-0.4, -0.2) is 15.4 Å². The van der Waals surface area contributed by atoms with Crippen molar-refractivity contribution in [3.05, 3.63) is 42.5 Å². The van der Waals surface area contributed by atoms with E-state index < -0.39 is 9.52 Å². The summed E-state index contributed by atoms with van der Waals surface area (Å²) in [5.74, 6) is 1.09. The Balaban J connectivity index is 2.54. The Morgan fingerprint density at radius 1 is 1.00 bits per heavy atom. The van der Waals surface area contributed by atoms with E-state index >= 15 is 0 Å². The molecule has 2 rings (SSSR count). The first kappa shape index (κ1) is 8.20. The van der Waals surface area contributed by atoms with E-state index in [-0.39, 0.29) is 0 Å². The maximum absolute atomic E-state index is 10.5. The molecule has 0 aromatic heterocycles. The molecule has 0 atom stereocenters. The summed E-state index contributed by atoms with van der Waals surface area (Å²) in [5, 5.41) is 1.25. The molecular formula is C11H10OSi. The number of carbonyl (C=O) groups is 1. The van der Waals surface area contributed by atoms with Gasteiger partial charge in [0.25, 0.3) is 0 Å². The number of hydrogen-bond donors (Lipinski definition) is 0. The molecule has 0 aromatic rings. The molecule has 0 N–H and O–H groups in total. The summed E-state index contributed by atoms with van der Waals surface area (Å²) in [7, 11) is -0.691. The van der Waals surface area contributed by atoms with E-state index in [4.69, 9.17) is 0 Å². The quantitative estimate of drug-likeness (QED) is 0.500. The lowest BCUT2D eigenvalue weighted by atomic mass is 10.2. The number of rotatable bonds is 2. The summed E-state index contributed by atoms with van der Waals surface area (Å²) in [5.41, 5.74) is 2.47. The second-order valence-corrected chi connectivity index (χ2v) is 4.51. The summed E-state index contributed by atoms with van der Waals surface area (Å²) in [6.07, 6.45) is 0. The first-order valence-electron chi connectivity index (χ1n) is 4.32. The summed E-state index contributed by atoms with van der Waals surface area (Å²) in [6, 6.07) is 14.4. The molecule has 13 heavy (non-hydrogen) atoms. The second-order valence-electron chi connectivity index (χ2n) is 3.01. The van der Waals surface area contributed by atoms with Gasteiger partial charge in [0.05, 0.1) is 5.91 Å². The van der Waals surface area contributed by atoms with Crippen molar-refractivity contribution in [3.63, 3.8) is 0 Å². The van der Waals surface area contributed by atoms with E-state index in [9.17, 15) is 4.79 Å². The fourth-order valence-corrected chi connectivity index (χ4v) is 2.52. The van der Waals surface area contributed by atoms with Gasteiger partial charge in [0, 0.05) is 0 Å². The van der Waals surface area contributed by atoms with Gasteiger partial charge >= 0.3 is 0 Å². The Morgan fingerprint density at radius 2 is 1.85 bits per heavy atom. The lowest BCUT2D eigenvalue weighted by Gasteiger charge is -1.94. The minimum atomic E-state index is -0.691. The molecule has 0 heterocycles. The van der Waals surface area contributed by atoms with Gasteiger partial charge in [0.1, 0.15) is 9.52 Å². The molecule has 0 radical (unpaired) electrons. The molecule has 0 aromatic carbocycles. The Morgan fingerprint density at radius 3 is 2.69 bits per heavy atom. The van der Waals surface area contributed by atoms with Gasteiger partial charge in [0.15, 0.2) is 0 Å². The van der Waals surface area contributed by atoms with Crippen molar-refractivity contribution in [1.29, 1.82) is 0 Å². The third-order valence-corrected chi connectivity index (χ3v) is 3.41. The van der Waals surface area contributed by atoms with E-state index in [1.807, 2.05) is 18.2 Å². The molecule has 0 saturated carbocycles. The zero-order valence-corrected chi connectivity index (χ0v) is 8.65. The monoisotopic (exact) mass is 186 g/mol. The highest BCUT2D eigenvalue weighted by Gasteiger charge is 2.06. The number of hydrogen-bond acceptors (Lipinski definition) is 1. The standard InChI is InChI=1S/C11H10OSi/c12-8-13-11-7-6-9-4-2-1-3-5-10(9)11/h1-8H,13H2. The first-order chi connectivity index (χ1) is 6.42. The molecule has 2 aliphatic carbocycles.